The van der Waals surface area contributed by atoms with E-state index in [1.165, 1.54) is 48.8 Å². The van der Waals surface area contributed by atoms with Crippen LogP contribution in [0.2, 0.25) is 0 Å². The van der Waals surface area contributed by atoms with Gasteiger partial charge in [0.2, 0.25) is 0 Å². The van der Waals surface area contributed by atoms with Gasteiger partial charge in [-0.1, -0.05) is 44.4 Å². The zero-order valence-electron chi connectivity index (χ0n) is 12.1. The summed E-state index contributed by atoms with van der Waals surface area (Å²) in [4.78, 5) is 0. The van der Waals surface area contributed by atoms with Crippen LogP contribution < -0.4 is 5.32 Å². The molecule has 1 aliphatic rings. The maximum atomic E-state index is 3.79. The molecule has 0 saturated heterocycles. The van der Waals surface area contributed by atoms with E-state index in [1.807, 2.05) is 0 Å². The van der Waals surface area contributed by atoms with Crippen molar-refractivity contribution in [3.05, 3.63) is 34.9 Å². The van der Waals surface area contributed by atoms with Gasteiger partial charge < -0.3 is 5.32 Å². The molecule has 1 nitrogen and oxygen atoms in total. The minimum absolute atomic E-state index is 0.741. The van der Waals surface area contributed by atoms with Gasteiger partial charge in [0, 0.05) is 12.6 Å². The van der Waals surface area contributed by atoms with Gasteiger partial charge in [-0.25, -0.2) is 0 Å². The van der Waals surface area contributed by atoms with Gasteiger partial charge in [-0.15, -0.1) is 0 Å². The predicted molar refractivity (Wildman–Crippen MR) is 78.8 cm³/mol. The zero-order chi connectivity index (χ0) is 13.0. The Hall–Kier alpha value is -0.820. The molecule has 0 heterocycles. The molecule has 0 spiro atoms. The van der Waals surface area contributed by atoms with Gasteiger partial charge >= 0.3 is 0 Å². The number of hydrogen-bond donors (Lipinski definition) is 1. The van der Waals surface area contributed by atoms with E-state index in [9.17, 15) is 0 Å². The molecule has 2 unspecified atom stereocenters. The van der Waals surface area contributed by atoms with Crippen molar-refractivity contribution >= 4 is 0 Å². The lowest BCUT2D eigenvalue weighted by atomic mass is 9.83. The SMILES string of the molecule is CCC1CCCCC1NCc1ccc(C)c(C)c1. The average Bonchev–Trinajstić information content (AvgIpc) is 2.40. The van der Waals surface area contributed by atoms with Crippen molar-refractivity contribution in [1.29, 1.82) is 0 Å². The summed E-state index contributed by atoms with van der Waals surface area (Å²) in [5.74, 6) is 0.894. The Labute approximate surface area is 112 Å². The van der Waals surface area contributed by atoms with Crippen LogP contribution in [0, 0.1) is 19.8 Å². The zero-order valence-corrected chi connectivity index (χ0v) is 12.1. The van der Waals surface area contributed by atoms with Gasteiger partial charge in [-0.2, -0.15) is 0 Å². The summed E-state index contributed by atoms with van der Waals surface area (Å²) >= 11 is 0. The van der Waals surface area contributed by atoms with Crippen molar-refractivity contribution in [2.45, 2.75) is 65.5 Å². The number of rotatable bonds is 4. The molecule has 1 saturated carbocycles. The molecular weight excluding hydrogens is 218 g/mol. The monoisotopic (exact) mass is 245 g/mol. The van der Waals surface area contributed by atoms with Crippen LogP contribution in [0.1, 0.15) is 55.7 Å². The summed E-state index contributed by atoms with van der Waals surface area (Å²) < 4.78 is 0. The highest BCUT2D eigenvalue weighted by Gasteiger charge is 2.22. The second-order valence-electron chi connectivity index (χ2n) is 5.86. The fourth-order valence-electron chi connectivity index (χ4n) is 3.13. The Kier molecular flexibility index (Phi) is 4.82. The highest BCUT2D eigenvalue weighted by Crippen LogP contribution is 2.27. The summed E-state index contributed by atoms with van der Waals surface area (Å²) in [6.45, 7) is 7.75. The number of nitrogens with one attached hydrogen (secondary N) is 1. The van der Waals surface area contributed by atoms with Gasteiger partial charge in [-0.3, -0.25) is 0 Å². The molecule has 18 heavy (non-hydrogen) atoms. The predicted octanol–water partition coefficient (Wildman–Crippen LogP) is 4.36. The molecule has 0 bridgehead atoms. The minimum atomic E-state index is 0.741. The first-order chi connectivity index (χ1) is 8.70. The van der Waals surface area contributed by atoms with Gasteiger partial charge in [0.15, 0.2) is 0 Å². The number of benzene rings is 1. The number of hydrogen-bond acceptors (Lipinski definition) is 1. The molecule has 0 radical (unpaired) electrons. The van der Waals surface area contributed by atoms with Crippen molar-refractivity contribution in [3.63, 3.8) is 0 Å². The number of aryl methyl sites for hydroxylation is 2. The van der Waals surface area contributed by atoms with E-state index in [2.05, 4.69) is 44.3 Å². The van der Waals surface area contributed by atoms with Crippen molar-refractivity contribution in [2.24, 2.45) is 5.92 Å². The molecule has 1 fully saturated rings. The molecular formula is C17H27N. The lowest BCUT2D eigenvalue weighted by Gasteiger charge is -2.31. The van der Waals surface area contributed by atoms with Crippen molar-refractivity contribution in [1.82, 2.24) is 5.32 Å². The minimum Gasteiger partial charge on any atom is -0.310 e. The topological polar surface area (TPSA) is 12.0 Å². The van der Waals surface area contributed by atoms with Crippen LogP contribution in [0.4, 0.5) is 0 Å². The van der Waals surface area contributed by atoms with Crippen LogP contribution in [0.15, 0.2) is 18.2 Å². The molecule has 0 aromatic heterocycles. The van der Waals surface area contributed by atoms with Crippen molar-refractivity contribution in [2.75, 3.05) is 0 Å². The first-order valence-electron chi connectivity index (χ1n) is 7.50. The van der Waals surface area contributed by atoms with E-state index < -0.39 is 0 Å². The van der Waals surface area contributed by atoms with Crippen LogP contribution in [-0.2, 0) is 6.54 Å². The molecule has 100 valence electrons. The first kappa shape index (κ1) is 13.6. The quantitative estimate of drug-likeness (QED) is 0.831. The Balaban J connectivity index is 1.91. The summed E-state index contributed by atoms with van der Waals surface area (Å²) in [6, 6.07) is 7.57. The smallest absolute Gasteiger partial charge is 0.0208 e. The summed E-state index contributed by atoms with van der Waals surface area (Å²) in [6.07, 6.45) is 6.94. The lowest BCUT2D eigenvalue weighted by molar-refractivity contribution is 0.254. The van der Waals surface area contributed by atoms with Gasteiger partial charge in [-0.05, 0) is 49.3 Å². The van der Waals surface area contributed by atoms with E-state index in [4.69, 9.17) is 0 Å². The Morgan fingerprint density at radius 3 is 2.61 bits per heavy atom. The fourth-order valence-corrected chi connectivity index (χ4v) is 3.13. The molecule has 1 aliphatic carbocycles. The molecule has 0 amide bonds. The van der Waals surface area contributed by atoms with E-state index in [1.54, 1.807) is 0 Å². The van der Waals surface area contributed by atoms with E-state index in [-0.39, 0.29) is 0 Å². The molecule has 0 aliphatic heterocycles. The average molecular weight is 245 g/mol. The first-order valence-corrected chi connectivity index (χ1v) is 7.50. The molecule has 1 N–H and O–H groups in total. The fraction of sp³-hybridized carbons (Fsp3) is 0.647. The molecule has 1 aromatic rings. The van der Waals surface area contributed by atoms with Crippen LogP contribution in [0.5, 0.6) is 0 Å². The van der Waals surface area contributed by atoms with E-state index >= 15 is 0 Å². The summed E-state index contributed by atoms with van der Waals surface area (Å²) in [5, 5.41) is 3.79. The van der Waals surface area contributed by atoms with Crippen molar-refractivity contribution < 1.29 is 0 Å². The molecule has 1 aromatic carbocycles. The third-order valence-corrected chi connectivity index (χ3v) is 4.57. The largest absolute Gasteiger partial charge is 0.310 e. The van der Waals surface area contributed by atoms with Gasteiger partial charge in [0.25, 0.3) is 0 Å². The summed E-state index contributed by atoms with van der Waals surface area (Å²) in [5.41, 5.74) is 4.23. The normalized spacial score (nSPS) is 24.2. The van der Waals surface area contributed by atoms with E-state index in [0.29, 0.717) is 0 Å². The van der Waals surface area contributed by atoms with E-state index in [0.717, 1.165) is 18.5 Å². The Bertz CT molecular complexity index is 383. The Morgan fingerprint density at radius 1 is 1.11 bits per heavy atom. The maximum absolute atomic E-state index is 3.79. The summed E-state index contributed by atoms with van der Waals surface area (Å²) in [7, 11) is 0. The van der Waals surface area contributed by atoms with Crippen LogP contribution >= 0.6 is 0 Å². The second-order valence-corrected chi connectivity index (χ2v) is 5.86. The van der Waals surface area contributed by atoms with Crippen molar-refractivity contribution in [3.8, 4) is 0 Å². The van der Waals surface area contributed by atoms with Gasteiger partial charge in [0.05, 0.1) is 0 Å². The highest BCUT2D eigenvalue weighted by atomic mass is 14.9. The highest BCUT2D eigenvalue weighted by molar-refractivity contribution is 5.29. The lowest BCUT2D eigenvalue weighted by Crippen LogP contribution is -2.37. The van der Waals surface area contributed by atoms with Crippen LogP contribution in [0.25, 0.3) is 0 Å². The molecule has 2 rings (SSSR count). The van der Waals surface area contributed by atoms with Crippen LogP contribution in [-0.4, -0.2) is 6.04 Å². The standard InChI is InChI=1S/C17H27N/c1-4-16-7-5-6-8-17(16)18-12-15-10-9-13(2)14(3)11-15/h9-11,16-18H,4-8,12H2,1-3H3. The van der Waals surface area contributed by atoms with Gasteiger partial charge in [0.1, 0.15) is 0 Å². The second kappa shape index (κ2) is 6.38. The Morgan fingerprint density at radius 2 is 1.89 bits per heavy atom. The molecule has 1 heteroatoms. The van der Waals surface area contributed by atoms with Crippen LogP contribution in [0.3, 0.4) is 0 Å². The maximum Gasteiger partial charge on any atom is 0.0208 e. The third kappa shape index (κ3) is 3.35. The third-order valence-electron chi connectivity index (χ3n) is 4.57. The molecule has 2 atom stereocenters.